The van der Waals surface area contributed by atoms with Crippen LogP contribution in [0.1, 0.15) is 13.3 Å². The molecule has 1 amide bonds. The van der Waals surface area contributed by atoms with Crippen molar-refractivity contribution in [1.82, 2.24) is 16.0 Å². The summed E-state index contributed by atoms with van der Waals surface area (Å²) >= 11 is 0. The first kappa shape index (κ1) is 9.48. The Balaban J connectivity index is 2.20. The summed E-state index contributed by atoms with van der Waals surface area (Å²) in [7, 11) is 0. The largest absolute Gasteiger partial charge is 0.355 e. The number of rotatable bonds is 3. The lowest BCUT2D eigenvalue weighted by Gasteiger charge is -2.23. The lowest BCUT2D eigenvalue weighted by molar-refractivity contribution is -0.123. The Morgan fingerprint density at radius 2 is 2.42 bits per heavy atom. The molecular weight excluding hydrogens is 154 g/mol. The van der Waals surface area contributed by atoms with Crippen molar-refractivity contribution < 1.29 is 4.79 Å². The average molecular weight is 171 g/mol. The van der Waals surface area contributed by atoms with E-state index in [1.54, 1.807) is 0 Å². The van der Waals surface area contributed by atoms with E-state index < -0.39 is 0 Å². The molecule has 1 aliphatic rings. The minimum atomic E-state index is -0.0368. The Morgan fingerprint density at radius 1 is 1.58 bits per heavy atom. The number of hydrogen-bond donors (Lipinski definition) is 3. The van der Waals surface area contributed by atoms with Gasteiger partial charge in [0.05, 0.1) is 6.04 Å². The maximum absolute atomic E-state index is 11.3. The Morgan fingerprint density at radius 3 is 3.00 bits per heavy atom. The fraction of sp³-hybridized carbons (Fsp3) is 0.875. The van der Waals surface area contributed by atoms with Gasteiger partial charge in [0.1, 0.15) is 0 Å². The van der Waals surface area contributed by atoms with Crippen molar-refractivity contribution in [2.75, 3.05) is 26.2 Å². The summed E-state index contributed by atoms with van der Waals surface area (Å²) in [5, 5.41) is 9.18. The van der Waals surface area contributed by atoms with Crippen LogP contribution in [0.15, 0.2) is 0 Å². The van der Waals surface area contributed by atoms with Crippen molar-refractivity contribution in [3.63, 3.8) is 0 Å². The second-order valence-electron chi connectivity index (χ2n) is 3.00. The summed E-state index contributed by atoms with van der Waals surface area (Å²) in [5.41, 5.74) is 0. The summed E-state index contributed by atoms with van der Waals surface area (Å²) < 4.78 is 0. The molecule has 0 aliphatic carbocycles. The van der Waals surface area contributed by atoms with Crippen LogP contribution in [0, 0.1) is 0 Å². The number of hydrogen-bond acceptors (Lipinski definition) is 3. The monoisotopic (exact) mass is 171 g/mol. The molecule has 1 saturated heterocycles. The van der Waals surface area contributed by atoms with Crippen molar-refractivity contribution in [1.29, 1.82) is 0 Å². The molecule has 70 valence electrons. The van der Waals surface area contributed by atoms with Crippen LogP contribution in [0.3, 0.4) is 0 Å². The molecular formula is C8H17N3O. The highest BCUT2D eigenvalue weighted by Crippen LogP contribution is 1.87. The van der Waals surface area contributed by atoms with Crippen molar-refractivity contribution >= 4 is 5.91 Å². The number of piperazine rings is 1. The molecule has 0 bridgehead atoms. The first-order valence-corrected chi connectivity index (χ1v) is 4.56. The van der Waals surface area contributed by atoms with Gasteiger partial charge in [0.25, 0.3) is 0 Å². The van der Waals surface area contributed by atoms with Crippen LogP contribution in [0.5, 0.6) is 0 Å². The van der Waals surface area contributed by atoms with Crippen LogP contribution in [-0.2, 0) is 4.79 Å². The van der Waals surface area contributed by atoms with Gasteiger partial charge in [-0.05, 0) is 6.42 Å². The van der Waals surface area contributed by atoms with Crippen LogP contribution in [0.25, 0.3) is 0 Å². The van der Waals surface area contributed by atoms with Crippen LogP contribution in [-0.4, -0.2) is 38.1 Å². The van der Waals surface area contributed by atoms with Gasteiger partial charge in [-0.3, -0.25) is 4.79 Å². The summed E-state index contributed by atoms with van der Waals surface area (Å²) in [6.45, 7) is 5.40. The molecule has 1 rings (SSSR count). The van der Waals surface area contributed by atoms with Gasteiger partial charge < -0.3 is 16.0 Å². The highest BCUT2D eigenvalue weighted by atomic mass is 16.2. The molecule has 1 aliphatic heterocycles. The third kappa shape index (κ3) is 2.79. The summed E-state index contributed by atoms with van der Waals surface area (Å²) in [6, 6.07) is -0.0368. The van der Waals surface area contributed by atoms with E-state index in [4.69, 9.17) is 0 Å². The first-order valence-electron chi connectivity index (χ1n) is 4.56. The fourth-order valence-corrected chi connectivity index (χ4v) is 1.21. The molecule has 0 aromatic rings. The average Bonchev–Trinajstić information content (AvgIpc) is 2.15. The highest BCUT2D eigenvalue weighted by molar-refractivity contribution is 5.82. The Hall–Kier alpha value is -0.610. The second-order valence-corrected chi connectivity index (χ2v) is 3.00. The maximum Gasteiger partial charge on any atom is 0.238 e. The van der Waals surface area contributed by atoms with E-state index in [-0.39, 0.29) is 11.9 Å². The molecule has 3 N–H and O–H groups in total. The van der Waals surface area contributed by atoms with E-state index in [1.807, 2.05) is 6.92 Å². The zero-order valence-corrected chi connectivity index (χ0v) is 7.52. The molecule has 12 heavy (non-hydrogen) atoms. The van der Waals surface area contributed by atoms with Gasteiger partial charge in [-0.25, -0.2) is 0 Å². The first-order chi connectivity index (χ1) is 5.84. The van der Waals surface area contributed by atoms with E-state index in [1.165, 1.54) is 0 Å². The minimum absolute atomic E-state index is 0.0368. The zero-order chi connectivity index (χ0) is 8.81. The quantitative estimate of drug-likeness (QED) is 0.514. The molecule has 0 saturated carbocycles. The van der Waals surface area contributed by atoms with Gasteiger partial charge >= 0.3 is 0 Å². The summed E-state index contributed by atoms with van der Waals surface area (Å²) in [4.78, 5) is 11.3. The molecule has 0 unspecified atom stereocenters. The Bertz CT molecular complexity index is 143. The molecule has 0 aromatic heterocycles. The van der Waals surface area contributed by atoms with Gasteiger partial charge in [0.15, 0.2) is 0 Å². The van der Waals surface area contributed by atoms with Crippen LogP contribution in [0.4, 0.5) is 0 Å². The van der Waals surface area contributed by atoms with E-state index in [9.17, 15) is 4.79 Å². The van der Waals surface area contributed by atoms with Crippen LogP contribution >= 0.6 is 0 Å². The van der Waals surface area contributed by atoms with Crippen molar-refractivity contribution in [2.24, 2.45) is 0 Å². The van der Waals surface area contributed by atoms with Crippen molar-refractivity contribution in [3.05, 3.63) is 0 Å². The molecule has 0 spiro atoms. The normalized spacial score (nSPS) is 23.6. The maximum atomic E-state index is 11.3. The van der Waals surface area contributed by atoms with Gasteiger partial charge in [0, 0.05) is 26.2 Å². The smallest absolute Gasteiger partial charge is 0.238 e. The van der Waals surface area contributed by atoms with E-state index in [0.717, 1.165) is 32.6 Å². The number of nitrogens with one attached hydrogen (secondary N) is 3. The van der Waals surface area contributed by atoms with Crippen molar-refractivity contribution in [3.8, 4) is 0 Å². The topological polar surface area (TPSA) is 53.2 Å². The van der Waals surface area contributed by atoms with Crippen LogP contribution in [0.2, 0.25) is 0 Å². The lowest BCUT2D eigenvalue weighted by atomic mass is 10.2. The SMILES string of the molecule is CCCNC(=O)[C@H]1CNCCN1. The molecule has 4 heteroatoms. The molecule has 1 atom stereocenters. The third-order valence-electron chi connectivity index (χ3n) is 1.91. The highest BCUT2D eigenvalue weighted by Gasteiger charge is 2.18. The van der Waals surface area contributed by atoms with Gasteiger partial charge in [-0.15, -0.1) is 0 Å². The Labute approximate surface area is 73.1 Å². The van der Waals surface area contributed by atoms with Crippen molar-refractivity contribution in [2.45, 2.75) is 19.4 Å². The van der Waals surface area contributed by atoms with E-state index >= 15 is 0 Å². The third-order valence-corrected chi connectivity index (χ3v) is 1.91. The molecule has 0 aromatic carbocycles. The predicted molar refractivity (Wildman–Crippen MR) is 48.0 cm³/mol. The van der Waals surface area contributed by atoms with Gasteiger partial charge in [-0.1, -0.05) is 6.92 Å². The zero-order valence-electron chi connectivity index (χ0n) is 7.52. The molecule has 1 heterocycles. The lowest BCUT2D eigenvalue weighted by Crippen LogP contribution is -2.55. The second kappa shape index (κ2) is 5.11. The van der Waals surface area contributed by atoms with E-state index in [0.29, 0.717) is 0 Å². The van der Waals surface area contributed by atoms with E-state index in [2.05, 4.69) is 16.0 Å². The molecule has 4 nitrogen and oxygen atoms in total. The van der Waals surface area contributed by atoms with Crippen LogP contribution < -0.4 is 16.0 Å². The predicted octanol–water partition coefficient (Wildman–Crippen LogP) is -0.926. The summed E-state index contributed by atoms with van der Waals surface area (Å²) in [6.07, 6.45) is 0.992. The molecule has 1 fully saturated rings. The number of carbonyl (C=O) groups is 1. The molecule has 0 radical (unpaired) electrons. The standard InChI is InChI=1S/C8H17N3O/c1-2-3-11-8(12)7-6-9-4-5-10-7/h7,9-10H,2-6H2,1H3,(H,11,12)/t7-/m1/s1. The minimum Gasteiger partial charge on any atom is -0.355 e. The number of carbonyl (C=O) groups excluding carboxylic acids is 1. The fourth-order valence-electron chi connectivity index (χ4n) is 1.21. The number of amides is 1. The van der Waals surface area contributed by atoms with Gasteiger partial charge in [0.2, 0.25) is 5.91 Å². The van der Waals surface area contributed by atoms with Gasteiger partial charge in [-0.2, -0.15) is 0 Å². The Kier molecular flexibility index (Phi) is 4.04. The summed E-state index contributed by atoms with van der Waals surface area (Å²) in [5.74, 6) is 0.115.